The van der Waals surface area contributed by atoms with Gasteiger partial charge in [0.05, 0.1) is 5.60 Å². The van der Waals surface area contributed by atoms with Crippen LogP contribution in [0.15, 0.2) is 12.1 Å². The molecule has 0 radical (unpaired) electrons. The molecule has 5 heteroatoms. The van der Waals surface area contributed by atoms with E-state index in [0.29, 0.717) is 12.0 Å². The van der Waals surface area contributed by atoms with Crippen molar-refractivity contribution in [2.24, 2.45) is 0 Å². The highest BCUT2D eigenvalue weighted by Crippen LogP contribution is 2.39. The monoisotopic (exact) mass is 288 g/mol. The highest BCUT2D eigenvalue weighted by Gasteiger charge is 2.36. The van der Waals surface area contributed by atoms with E-state index in [1.165, 1.54) is 0 Å². The Labute approximate surface area is 125 Å². The number of ether oxygens (including phenoxy) is 1. The van der Waals surface area contributed by atoms with Gasteiger partial charge in [-0.25, -0.2) is 9.97 Å². The number of aryl methyl sites for hydroxylation is 1. The summed E-state index contributed by atoms with van der Waals surface area (Å²) < 4.78 is 8.19. The quantitative estimate of drug-likeness (QED) is 0.941. The fourth-order valence-corrected chi connectivity index (χ4v) is 3.41. The fourth-order valence-electron chi connectivity index (χ4n) is 3.41. The van der Waals surface area contributed by atoms with Crippen molar-refractivity contribution in [3.63, 3.8) is 0 Å². The lowest BCUT2D eigenvalue weighted by atomic mass is 9.86. The van der Waals surface area contributed by atoms with Crippen LogP contribution in [-0.2, 0) is 4.74 Å². The maximum absolute atomic E-state index is 6.18. The number of pyridine rings is 1. The standard InChI is InChI=1S/C16H24N4O/c1-4-16(5-2)10-12(8-9-21-16)20-14-13(19-15(20)17)7-6-11(3)18-14/h6-7,12H,4-5,8-10H2,1-3H3,(H2,17,19). The lowest BCUT2D eigenvalue weighted by Crippen LogP contribution is -2.39. The topological polar surface area (TPSA) is 66.0 Å². The molecule has 0 saturated carbocycles. The predicted octanol–water partition coefficient (Wildman–Crippen LogP) is 3.23. The molecule has 5 nitrogen and oxygen atoms in total. The van der Waals surface area contributed by atoms with Crippen molar-refractivity contribution in [3.8, 4) is 0 Å². The van der Waals surface area contributed by atoms with E-state index in [1.807, 2.05) is 19.1 Å². The van der Waals surface area contributed by atoms with E-state index in [2.05, 4.69) is 28.4 Å². The van der Waals surface area contributed by atoms with Gasteiger partial charge in [0, 0.05) is 18.3 Å². The average molecular weight is 288 g/mol. The van der Waals surface area contributed by atoms with E-state index in [4.69, 9.17) is 10.5 Å². The molecular weight excluding hydrogens is 264 g/mol. The minimum atomic E-state index is -0.0320. The maximum Gasteiger partial charge on any atom is 0.202 e. The number of nitrogen functional groups attached to an aromatic ring is 1. The van der Waals surface area contributed by atoms with Gasteiger partial charge < -0.3 is 10.5 Å². The van der Waals surface area contributed by atoms with Gasteiger partial charge in [0.25, 0.3) is 0 Å². The normalized spacial score (nSPS) is 21.8. The predicted molar refractivity (Wildman–Crippen MR) is 84.2 cm³/mol. The molecular formula is C16H24N4O. The van der Waals surface area contributed by atoms with Crippen LogP contribution in [-0.4, -0.2) is 26.7 Å². The Morgan fingerprint density at radius 2 is 2.10 bits per heavy atom. The Morgan fingerprint density at radius 3 is 2.81 bits per heavy atom. The molecule has 0 aliphatic carbocycles. The summed E-state index contributed by atoms with van der Waals surface area (Å²) >= 11 is 0. The Morgan fingerprint density at radius 1 is 1.33 bits per heavy atom. The summed E-state index contributed by atoms with van der Waals surface area (Å²) in [5, 5.41) is 0. The first-order valence-electron chi connectivity index (χ1n) is 7.83. The molecule has 2 aromatic heterocycles. The van der Waals surface area contributed by atoms with Crippen LogP contribution < -0.4 is 5.73 Å². The third-order valence-corrected chi connectivity index (χ3v) is 4.82. The number of hydrogen-bond acceptors (Lipinski definition) is 4. The third-order valence-electron chi connectivity index (χ3n) is 4.82. The second-order valence-electron chi connectivity index (χ2n) is 6.02. The molecule has 1 fully saturated rings. The molecule has 1 unspecified atom stereocenters. The van der Waals surface area contributed by atoms with E-state index in [-0.39, 0.29) is 5.60 Å². The van der Waals surface area contributed by atoms with Crippen molar-refractivity contribution >= 4 is 17.1 Å². The van der Waals surface area contributed by atoms with E-state index >= 15 is 0 Å². The van der Waals surface area contributed by atoms with Crippen molar-refractivity contribution in [1.82, 2.24) is 14.5 Å². The number of nitrogens with two attached hydrogens (primary N) is 1. The number of rotatable bonds is 3. The zero-order chi connectivity index (χ0) is 15.0. The van der Waals surface area contributed by atoms with Crippen LogP contribution in [0.2, 0.25) is 0 Å². The zero-order valence-electron chi connectivity index (χ0n) is 13.1. The molecule has 21 heavy (non-hydrogen) atoms. The van der Waals surface area contributed by atoms with Gasteiger partial charge >= 0.3 is 0 Å². The first-order chi connectivity index (χ1) is 10.1. The Bertz CT molecular complexity index is 645. The van der Waals surface area contributed by atoms with Crippen LogP contribution in [0.1, 0.15) is 51.3 Å². The van der Waals surface area contributed by atoms with Crippen LogP contribution in [0.5, 0.6) is 0 Å². The lowest BCUT2D eigenvalue weighted by molar-refractivity contribution is -0.0980. The van der Waals surface area contributed by atoms with Crippen molar-refractivity contribution in [2.75, 3.05) is 12.3 Å². The summed E-state index contributed by atoms with van der Waals surface area (Å²) in [4.78, 5) is 9.12. The molecule has 0 aromatic carbocycles. The molecule has 114 valence electrons. The van der Waals surface area contributed by atoms with E-state index in [0.717, 1.165) is 49.1 Å². The second-order valence-corrected chi connectivity index (χ2v) is 6.02. The minimum Gasteiger partial charge on any atom is -0.375 e. The summed E-state index contributed by atoms with van der Waals surface area (Å²) in [6.45, 7) is 7.17. The van der Waals surface area contributed by atoms with Crippen LogP contribution in [0, 0.1) is 6.92 Å². The van der Waals surface area contributed by atoms with Gasteiger partial charge in [0.15, 0.2) is 5.65 Å². The van der Waals surface area contributed by atoms with E-state index < -0.39 is 0 Å². The Balaban J connectivity index is 2.03. The number of hydrogen-bond donors (Lipinski definition) is 1. The van der Waals surface area contributed by atoms with Gasteiger partial charge in [0.1, 0.15) is 5.52 Å². The Kier molecular flexibility index (Phi) is 3.61. The minimum absolute atomic E-state index is 0.0320. The highest BCUT2D eigenvalue weighted by molar-refractivity contribution is 5.74. The Hall–Kier alpha value is -1.62. The maximum atomic E-state index is 6.18. The molecule has 1 saturated heterocycles. The molecule has 0 amide bonds. The van der Waals surface area contributed by atoms with Gasteiger partial charge in [-0.05, 0) is 44.7 Å². The van der Waals surface area contributed by atoms with E-state index in [1.54, 1.807) is 0 Å². The van der Waals surface area contributed by atoms with Gasteiger partial charge in [-0.2, -0.15) is 0 Å². The van der Waals surface area contributed by atoms with Gasteiger partial charge in [-0.1, -0.05) is 13.8 Å². The van der Waals surface area contributed by atoms with E-state index in [9.17, 15) is 0 Å². The van der Waals surface area contributed by atoms with Crippen molar-refractivity contribution in [3.05, 3.63) is 17.8 Å². The summed E-state index contributed by atoms with van der Waals surface area (Å²) in [7, 11) is 0. The SMILES string of the molecule is CCC1(CC)CC(n2c(N)nc3ccc(C)nc32)CCO1. The first-order valence-corrected chi connectivity index (χ1v) is 7.83. The largest absolute Gasteiger partial charge is 0.375 e. The van der Waals surface area contributed by atoms with Crippen molar-refractivity contribution < 1.29 is 4.74 Å². The second kappa shape index (κ2) is 5.30. The number of imidazole rings is 1. The molecule has 0 spiro atoms. The molecule has 0 bridgehead atoms. The van der Waals surface area contributed by atoms with Crippen LogP contribution in [0.3, 0.4) is 0 Å². The zero-order valence-corrected chi connectivity index (χ0v) is 13.1. The lowest BCUT2D eigenvalue weighted by Gasteiger charge is -2.40. The summed E-state index contributed by atoms with van der Waals surface area (Å²) in [5.74, 6) is 0.566. The summed E-state index contributed by atoms with van der Waals surface area (Å²) in [5.41, 5.74) is 8.92. The first kappa shape index (κ1) is 14.3. The van der Waals surface area contributed by atoms with Gasteiger partial charge in [-0.15, -0.1) is 0 Å². The molecule has 2 N–H and O–H groups in total. The summed E-state index contributed by atoms with van der Waals surface area (Å²) in [6, 6.07) is 4.29. The fraction of sp³-hybridized carbons (Fsp3) is 0.625. The van der Waals surface area contributed by atoms with Crippen molar-refractivity contribution in [2.45, 2.75) is 58.1 Å². The molecule has 3 heterocycles. The van der Waals surface area contributed by atoms with Crippen molar-refractivity contribution in [1.29, 1.82) is 0 Å². The molecule has 2 aromatic rings. The smallest absolute Gasteiger partial charge is 0.202 e. The van der Waals surface area contributed by atoms with Gasteiger partial charge in [-0.3, -0.25) is 4.57 Å². The summed E-state index contributed by atoms with van der Waals surface area (Å²) in [6.07, 6.45) is 4.00. The number of fused-ring (bicyclic) bond motifs is 1. The van der Waals surface area contributed by atoms with Crippen LogP contribution in [0.4, 0.5) is 5.95 Å². The highest BCUT2D eigenvalue weighted by atomic mass is 16.5. The molecule has 3 rings (SSSR count). The molecule has 1 atom stereocenters. The van der Waals surface area contributed by atoms with Crippen LogP contribution in [0.25, 0.3) is 11.2 Å². The molecule has 1 aliphatic heterocycles. The average Bonchev–Trinajstić information content (AvgIpc) is 2.82. The van der Waals surface area contributed by atoms with Gasteiger partial charge in [0.2, 0.25) is 5.95 Å². The number of anilines is 1. The number of aromatic nitrogens is 3. The van der Waals surface area contributed by atoms with Crippen LogP contribution >= 0.6 is 0 Å². The number of nitrogens with zero attached hydrogens (tertiary/aromatic N) is 3. The third kappa shape index (κ3) is 2.39. The molecule has 1 aliphatic rings.